The number of carboxylic acid groups (broad SMARTS) is 1. The van der Waals surface area contributed by atoms with Crippen LogP contribution in [0.15, 0.2) is 24.3 Å². The fraction of sp³-hybridized carbons (Fsp3) is 0.467. The Morgan fingerprint density at radius 3 is 2.41 bits per heavy atom. The van der Waals surface area contributed by atoms with Crippen molar-refractivity contribution in [3.8, 4) is 0 Å². The molecule has 1 aromatic carbocycles. The number of methoxy groups -OCH3 is 1. The van der Waals surface area contributed by atoms with Gasteiger partial charge in [0.05, 0.1) is 19.8 Å². The molecule has 0 spiro atoms. The smallest absolute Gasteiger partial charge is 0.333 e. The van der Waals surface area contributed by atoms with Crippen LogP contribution in [0.25, 0.3) is 0 Å². The Morgan fingerprint density at radius 1 is 1.23 bits per heavy atom. The van der Waals surface area contributed by atoms with E-state index in [1.54, 1.807) is 0 Å². The fourth-order valence-corrected chi connectivity index (χ4v) is 1.78. The van der Waals surface area contributed by atoms with Crippen LogP contribution in [0.4, 0.5) is 4.39 Å². The van der Waals surface area contributed by atoms with Crippen molar-refractivity contribution in [2.24, 2.45) is 0 Å². The van der Waals surface area contributed by atoms with Crippen LogP contribution >= 0.6 is 0 Å². The lowest BCUT2D eigenvalue weighted by Gasteiger charge is -2.26. The average Bonchev–Trinajstić information content (AvgIpc) is 2.47. The van der Waals surface area contributed by atoms with Crippen molar-refractivity contribution in [1.29, 1.82) is 0 Å². The minimum absolute atomic E-state index is 0.0216. The summed E-state index contributed by atoms with van der Waals surface area (Å²) in [7, 11) is 1.54. The quantitative estimate of drug-likeness (QED) is 0.671. The van der Waals surface area contributed by atoms with Gasteiger partial charge in [0, 0.05) is 13.5 Å². The predicted octanol–water partition coefficient (Wildman–Crippen LogP) is 1.29. The predicted molar refractivity (Wildman–Crippen MR) is 76.8 cm³/mol. The summed E-state index contributed by atoms with van der Waals surface area (Å²) in [6, 6.07) is 4.96. The molecule has 2 N–H and O–H groups in total. The van der Waals surface area contributed by atoms with Crippen LogP contribution in [-0.2, 0) is 24.6 Å². The van der Waals surface area contributed by atoms with Crippen LogP contribution < -0.4 is 5.32 Å². The van der Waals surface area contributed by atoms with Crippen molar-refractivity contribution in [3.63, 3.8) is 0 Å². The van der Waals surface area contributed by atoms with E-state index in [0.29, 0.717) is 13.2 Å². The molecule has 0 saturated heterocycles. The van der Waals surface area contributed by atoms with Crippen molar-refractivity contribution in [1.82, 2.24) is 5.32 Å². The fourth-order valence-electron chi connectivity index (χ4n) is 1.78. The van der Waals surface area contributed by atoms with E-state index in [1.807, 2.05) is 0 Å². The highest BCUT2D eigenvalue weighted by molar-refractivity contribution is 5.87. The third-order valence-electron chi connectivity index (χ3n) is 3.14. The number of carbonyl (C=O) groups excluding carboxylic acids is 1. The van der Waals surface area contributed by atoms with Gasteiger partial charge < -0.3 is 19.9 Å². The molecular weight excluding hydrogens is 293 g/mol. The molecule has 0 aromatic heterocycles. The Kier molecular flexibility index (Phi) is 6.94. The van der Waals surface area contributed by atoms with E-state index in [9.17, 15) is 19.1 Å². The van der Waals surface area contributed by atoms with E-state index in [1.165, 1.54) is 26.2 Å². The zero-order valence-electron chi connectivity index (χ0n) is 12.6. The second-order valence-electron chi connectivity index (χ2n) is 4.84. The molecule has 0 aliphatic rings. The first-order valence-corrected chi connectivity index (χ1v) is 6.77. The first-order valence-electron chi connectivity index (χ1n) is 6.77. The highest BCUT2D eigenvalue weighted by atomic mass is 19.1. The third kappa shape index (κ3) is 5.09. The van der Waals surface area contributed by atoms with Crippen LogP contribution in [0.2, 0.25) is 0 Å². The maximum Gasteiger partial charge on any atom is 0.333 e. The van der Waals surface area contributed by atoms with E-state index in [-0.39, 0.29) is 18.6 Å². The third-order valence-corrected chi connectivity index (χ3v) is 3.14. The van der Waals surface area contributed by atoms with Crippen molar-refractivity contribution in [3.05, 3.63) is 35.6 Å². The number of benzene rings is 1. The van der Waals surface area contributed by atoms with Gasteiger partial charge >= 0.3 is 5.97 Å². The second-order valence-corrected chi connectivity index (χ2v) is 4.84. The number of hydrogen-bond donors (Lipinski definition) is 2. The zero-order valence-corrected chi connectivity index (χ0v) is 12.6. The maximum absolute atomic E-state index is 12.9. The summed E-state index contributed by atoms with van der Waals surface area (Å²) < 4.78 is 22.9. The van der Waals surface area contributed by atoms with Gasteiger partial charge in [-0.25, -0.2) is 9.18 Å². The van der Waals surface area contributed by atoms with Gasteiger partial charge in [0.25, 0.3) is 0 Å². The van der Waals surface area contributed by atoms with Gasteiger partial charge in [-0.15, -0.1) is 0 Å². The molecule has 0 saturated carbocycles. The Hall–Kier alpha value is -1.99. The number of carbonyl (C=O) groups is 2. The summed E-state index contributed by atoms with van der Waals surface area (Å²) in [5, 5.41) is 11.8. The molecule has 0 radical (unpaired) electrons. The molecule has 0 aliphatic heterocycles. The molecule has 1 atom stereocenters. The number of hydrogen-bond acceptors (Lipinski definition) is 4. The molecule has 1 amide bonds. The van der Waals surface area contributed by atoms with E-state index in [4.69, 9.17) is 9.47 Å². The molecule has 0 heterocycles. The van der Waals surface area contributed by atoms with Crippen molar-refractivity contribution >= 4 is 11.9 Å². The molecule has 6 nitrogen and oxygen atoms in total. The van der Waals surface area contributed by atoms with Gasteiger partial charge in [0.15, 0.2) is 5.54 Å². The molecule has 0 fully saturated rings. The first-order chi connectivity index (χ1) is 10.4. The van der Waals surface area contributed by atoms with E-state index in [0.717, 1.165) is 12.1 Å². The summed E-state index contributed by atoms with van der Waals surface area (Å²) in [6.45, 7) is 2.29. The topological polar surface area (TPSA) is 84.9 Å². The molecule has 22 heavy (non-hydrogen) atoms. The molecule has 1 rings (SSSR count). The van der Waals surface area contributed by atoms with Crippen molar-refractivity contribution in [2.75, 3.05) is 26.9 Å². The zero-order chi connectivity index (χ0) is 16.6. The number of carboxylic acids is 1. The van der Waals surface area contributed by atoms with E-state index in [2.05, 4.69) is 5.32 Å². The van der Waals surface area contributed by atoms with Crippen molar-refractivity contribution < 1.29 is 28.6 Å². The van der Waals surface area contributed by atoms with Crippen LogP contribution in [0.5, 0.6) is 0 Å². The lowest BCUT2D eigenvalue weighted by Crippen LogP contribution is -2.49. The number of ether oxygens (including phenoxy) is 2. The SMILES string of the molecule is COCCOCCC(=O)NC(C)(C(=O)O)c1ccc(F)cc1. The number of aliphatic carboxylic acids is 1. The minimum Gasteiger partial charge on any atom is -0.479 e. The molecule has 7 heteroatoms. The Morgan fingerprint density at radius 2 is 1.86 bits per heavy atom. The first kappa shape index (κ1) is 18.1. The van der Waals surface area contributed by atoms with E-state index >= 15 is 0 Å². The molecule has 122 valence electrons. The molecule has 0 aliphatic carbocycles. The summed E-state index contributed by atoms with van der Waals surface area (Å²) in [4.78, 5) is 23.4. The number of rotatable bonds is 9. The van der Waals surface area contributed by atoms with Gasteiger partial charge in [0.2, 0.25) is 5.91 Å². The monoisotopic (exact) mass is 313 g/mol. The van der Waals surface area contributed by atoms with Crippen LogP contribution in [-0.4, -0.2) is 43.9 Å². The highest BCUT2D eigenvalue weighted by Crippen LogP contribution is 2.21. The Bertz CT molecular complexity index is 505. The van der Waals surface area contributed by atoms with Crippen molar-refractivity contribution in [2.45, 2.75) is 18.9 Å². The van der Waals surface area contributed by atoms with E-state index < -0.39 is 23.2 Å². The van der Waals surface area contributed by atoms with Gasteiger partial charge in [-0.2, -0.15) is 0 Å². The van der Waals surface area contributed by atoms with Gasteiger partial charge in [-0.1, -0.05) is 12.1 Å². The lowest BCUT2D eigenvalue weighted by atomic mass is 9.92. The summed E-state index contributed by atoms with van der Waals surface area (Å²) in [5.74, 6) is -2.17. The van der Waals surface area contributed by atoms with Gasteiger partial charge in [-0.3, -0.25) is 4.79 Å². The number of nitrogens with one attached hydrogen (secondary N) is 1. The summed E-state index contributed by atoms with van der Waals surface area (Å²) in [6.07, 6.45) is 0.0216. The molecule has 1 unspecified atom stereocenters. The van der Waals surface area contributed by atoms with Gasteiger partial charge in [-0.05, 0) is 24.6 Å². The molecular formula is C15H20FNO5. The minimum atomic E-state index is -1.63. The lowest BCUT2D eigenvalue weighted by molar-refractivity contribution is -0.147. The van der Waals surface area contributed by atoms with Crippen LogP contribution in [0.3, 0.4) is 0 Å². The number of halogens is 1. The summed E-state index contributed by atoms with van der Waals surface area (Å²) >= 11 is 0. The second kappa shape index (κ2) is 8.45. The Labute approximate surface area is 128 Å². The van der Waals surface area contributed by atoms with Gasteiger partial charge in [0.1, 0.15) is 5.82 Å². The highest BCUT2D eigenvalue weighted by Gasteiger charge is 2.36. The number of amides is 1. The van der Waals surface area contributed by atoms with Crippen LogP contribution in [0, 0.1) is 5.82 Å². The normalized spacial score (nSPS) is 13.4. The van der Waals surface area contributed by atoms with Crippen LogP contribution in [0.1, 0.15) is 18.9 Å². The largest absolute Gasteiger partial charge is 0.479 e. The molecule has 0 bridgehead atoms. The summed E-state index contributed by atoms with van der Waals surface area (Å²) in [5.41, 5.74) is -1.34. The Balaban J connectivity index is 2.65. The maximum atomic E-state index is 12.9. The standard InChI is InChI=1S/C15H20FNO5/c1-15(14(19)20,11-3-5-12(16)6-4-11)17-13(18)7-8-22-10-9-21-2/h3-6H,7-10H2,1-2H3,(H,17,18)(H,19,20). The molecule has 1 aromatic rings. The average molecular weight is 313 g/mol.